The van der Waals surface area contributed by atoms with Gasteiger partial charge in [-0.3, -0.25) is 9.59 Å². The third kappa shape index (κ3) is 3.77. The highest BCUT2D eigenvalue weighted by Gasteiger charge is 2.46. The van der Waals surface area contributed by atoms with E-state index in [1.807, 2.05) is 0 Å². The fraction of sp³-hybridized carbons (Fsp3) is 0.414. The Hall–Kier alpha value is -4.32. The molecule has 1 aliphatic carbocycles. The molecule has 0 saturated heterocycles. The first-order valence-corrected chi connectivity index (χ1v) is 13.4. The van der Waals surface area contributed by atoms with Crippen molar-refractivity contribution in [1.29, 1.82) is 0 Å². The van der Waals surface area contributed by atoms with Crippen molar-refractivity contribution in [2.24, 2.45) is 0 Å². The van der Waals surface area contributed by atoms with Crippen molar-refractivity contribution >= 4 is 28.9 Å². The molecule has 41 heavy (non-hydrogen) atoms. The molecule has 2 aromatic heterocycles. The summed E-state index contributed by atoms with van der Waals surface area (Å²) < 4.78 is 21.7. The number of aliphatic hydroxyl groups is 1. The van der Waals surface area contributed by atoms with Crippen molar-refractivity contribution in [3.63, 3.8) is 0 Å². The van der Waals surface area contributed by atoms with Gasteiger partial charge in [0.1, 0.15) is 18.0 Å². The average molecular weight is 565 g/mol. The number of cyclic esters (lactones) is 1. The Balaban J connectivity index is 1.58. The number of carbonyl (C=O) groups excluding carboxylic acids is 2. The smallest absolute Gasteiger partial charge is 0.405 e. The number of aryl methyl sites for hydroxylation is 1. The molecule has 214 valence electrons. The van der Waals surface area contributed by atoms with Crippen LogP contribution >= 0.6 is 0 Å². The second-order valence-electron chi connectivity index (χ2n) is 11.4. The molecule has 0 bridgehead atoms. The minimum atomic E-state index is -1.99. The van der Waals surface area contributed by atoms with E-state index in [9.17, 15) is 29.4 Å². The Morgan fingerprint density at radius 3 is 2.66 bits per heavy atom. The van der Waals surface area contributed by atoms with Gasteiger partial charge in [0.25, 0.3) is 5.56 Å². The largest absolute Gasteiger partial charge is 0.465 e. The number of benzene rings is 1. The Labute approximate surface area is 233 Å². The van der Waals surface area contributed by atoms with E-state index in [-0.39, 0.29) is 30.7 Å². The van der Waals surface area contributed by atoms with E-state index in [2.05, 4.69) is 10.6 Å². The molecule has 0 spiro atoms. The Morgan fingerprint density at radius 2 is 1.98 bits per heavy atom. The predicted octanol–water partition coefficient (Wildman–Crippen LogP) is 2.68. The number of hydrogen-bond acceptors (Lipinski definition) is 7. The summed E-state index contributed by atoms with van der Waals surface area (Å²) in [4.78, 5) is 55.6. The maximum absolute atomic E-state index is 15.1. The maximum Gasteiger partial charge on any atom is 0.405 e. The number of nitrogens with one attached hydrogen (secondary N) is 2. The van der Waals surface area contributed by atoms with Gasteiger partial charge in [-0.05, 0) is 62.8 Å². The van der Waals surface area contributed by atoms with Crippen LogP contribution in [0.25, 0.3) is 22.3 Å². The van der Waals surface area contributed by atoms with Crippen LogP contribution in [0.3, 0.4) is 0 Å². The van der Waals surface area contributed by atoms with Crippen molar-refractivity contribution < 1.29 is 33.7 Å². The van der Waals surface area contributed by atoms with E-state index in [1.54, 1.807) is 19.9 Å². The highest BCUT2D eigenvalue weighted by molar-refractivity contribution is 5.95. The number of pyridine rings is 2. The van der Waals surface area contributed by atoms with Gasteiger partial charge in [0, 0.05) is 22.6 Å². The van der Waals surface area contributed by atoms with Gasteiger partial charge in [-0.1, -0.05) is 6.92 Å². The van der Waals surface area contributed by atoms with Crippen LogP contribution in [0.5, 0.6) is 0 Å². The van der Waals surface area contributed by atoms with Crippen LogP contribution in [0.1, 0.15) is 73.0 Å². The lowest BCUT2D eigenvalue weighted by atomic mass is 9.81. The molecule has 2 aliphatic heterocycles. The number of esters is 1. The first-order chi connectivity index (χ1) is 19.3. The highest BCUT2D eigenvalue weighted by Crippen LogP contribution is 2.46. The summed E-state index contributed by atoms with van der Waals surface area (Å²) in [5, 5.41) is 26.3. The molecule has 6 rings (SSSR count). The fourth-order valence-electron chi connectivity index (χ4n) is 6.36. The molecule has 3 aliphatic rings. The number of rotatable bonds is 4. The van der Waals surface area contributed by atoms with Crippen molar-refractivity contribution in [1.82, 2.24) is 20.2 Å². The van der Waals surface area contributed by atoms with E-state index < -0.39 is 46.5 Å². The van der Waals surface area contributed by atoms with Crippen molar-refractivity contribution in [3.05, 3.63) is 61.7 Å². The van der Waals surface area contributed by atoms with Crippen molar-refractivity contribution in [2.45, 2.75) is 77.3 Å². The standard InChI is InChI=1S/C29H29FN4O7/c1-5-29(40)16-8-20-23-14(10-34(20)24(35)15(16)11-41-26(29)37)22-18(32-25(36)28(3,4)33-27(38)39)7-6-13-12(2)17(30)9-19(31-23)21(13)22/h8-9,18,33,40H,5-7,10-11H2,1-4H3,(H,32,36)(H,38,39)/t18-,29-/m0/s1. The number of aromatic nitrogens is 2. The molecule has 0 saturated carbocycles. The SMILES string of the molecule is CC[C@@]1(O)C(=O)OCc2c1cc1n(c2=O)Cc2c-1nc1cc(F)c(C)c3c1c2[C@@H](NC(=O)C(C)(C)NC(=O)O)CC3. The monoisotopic (exact) mass is 564 g/mol. The molecule has 1 aromatic carbocycles. The molecule has 0 unspecified atom stereocenters. The lowest BCUT2D eigenvalue weighted by molar-refractivity contribution is -0.172. The zero-order valence-electron chi connectivity index (χ0n) is 23.0. The second kappa shape index (κ2) is 8.84. The Kier molecular flexibility index (Phi) is 5.79. The van der Waals surface area contributed by atoms with Gasteiger partial charge >= 0.3 is 12.1 Å². The minimum absolute atomic E-state index is 0.00684. The van der Waals surface area contributed by atoms with E-state index in [1.165, 1.54) is 24.5 Å². The fourth-order valence-corrected chi connectivity index (χ4v) is 6.36. The number of ether oxygens (including phenoxy) is 1. The molecule has 4 heterocycles. The van der Waals surface area contributed by atoms with Crippen LogP contribution in [-0.4, -0.2) is 43.3 Å². The first-order valence-electron chi connectivity index (χ1n) is 13.4. The van der Waals surface area contributed by atoms with Gasteiger partial charge in [-0.2, -0.15) is 0 Å². The first kappa shape index (κ1) is 26.9. The van der Waals surface area contributed by atoms with Crippen molar-refractivity contribution in [2.75, 3.05) is 0 Å². The normalized spacial score (nSPS) is 20.6. The molecule has 0 radical (unpaired) electrons. The van der Waals surface area contributed by atoms with Crippen LogP contribution in [0.15, 0.2) is 16.9 Å². The van der Waals surface area contributed by atoms with Gasteiger partial charge in [0.05, 0.1) is 35.1 Å². The van der Waals surface area contributed by atoms with Crippen molar-refractivity contribution in [3.8, 4) is 11.4 Å². The van der Waals surface area contributed by atoms with Gasteiger partial charge in [-0.25, -0.2) is 19.0 Å². The van der Waals surface area contributed by atoms with E-state index >= 15 is 4.39 Å². The van der Waals surface area contributed by atoms with E-state index in [0.29, 0.717) is 51.8 Å². The molecule has 11 nitrogen and oxygen atoms in total. The van der Waals surface area contributed by atoms with Gasteiger partial charge < -0.3 is 30.2 Å². The average Bonchev–Trinajstić information content (AvgIpc) is 3.28. The number of carbonyl (C=O) groups is 3. The molecular weight excluding hydrogens is 535 g/mol. The Morgan fingerprint density at radius 1 is 1.24 bits per heavy atom. The maximum atomic E-state index is 15.1. The van der Waals surface area contributed by atoms with Crippen LogP contribution in [0, 0.1) is 12.7 Å². The van der Waals surface area contributed by atoms with Crippen LogP contribution < -0.4 is 16.2 Å². The number of carboxylic acid groups (broad SMARTS) is 1. The molecule has 0 fully saturated rings. The number of fused-ring (bicyclic) bond motifs is 5. The summed E-state index contributed by atoms with van der Waals surface area (Å²) in [5.74, 6) is -1.80. The van der Waals surface area contributed by atoms with Crippen LogP contribution in [0.4, 0.5) is 9.18 Å². The summed E-state index contributed by atoms with van der Waals surface area (Å²) in [6.45, 7) is 6.05. The lowest BCUT2D eigenvalue weighted by Gasteiger charge is -2.32. The minimum Gasteiger partial charge on any atom is -0.465 e. The number of hydrogen-bond donors (Lipinski definition) is 4. The number of amides is 2. The quantitative estimate of drug-likeness (QED) is 0.275. The lowest BCUT2D eigenvalue weighted by Crippen LogP contribution is -2.55. The predicted molar refractivity (Wildman–Crippen MR) is 144 cm³/mol. The summed E-state index contributed by atoms with van der Waals surface area (Å²) in [6.07, 6.45) is -0.481. The van der Waals surface area contributed by atoms with E-state index in [4.69, 9.17) is 9.72 Å². The van der Waals surface area contributed by atoms with Crippen LogP contribution in [-0.2, 0) is 39.5 Å². The zero-order valence-corrected chi connectivity index (χ0v) is 23.0. The topological polar surface area (TPSA) is 160 Å². The second-order valence-corrected chi connectivity index (χ2v) is 11.4. The highest BCUT2D eigenvalue weighted by atomic mass is 19.1. The molecular formula is C29H29FN4O7. The molecule has 2 atom stereocenters. The molecule has 12 heteroatoms. The summed E-state index contributed by atoms with van der Waals surface area (Å²) in [6, 6.07) is 2.34. The molecule has 2 amide bonds. The summed E-state index contributed by atoms with van der Waals surface area (Å²) >= 11 is 0. The third-order valence-electron chi connectivity index (χ3n) is 8.67. The van der Waals surface area contributed by atoms with E-state index in [0.717, 1.165) is 5.56 Å². The Bertz CT molecular complexity index is 1780. The molecule has 4 N–H and O–H groups in total. The third-order valence-corrected chi connectivity index (χ3v) is 8.67. The van der Waals surface area contributed by atoms with Crippen LogP contribution in [0.2, 0.25) is 0 Å². The number of nitrogens with zero attached hydrogens (tertiary/aromatic N) is 2. The van der Waals surface area contributed by atoms with Gasteiger partial charge in [-0.15, -0.1) is 0 Å². The summed E-state index contributed by atoms with van der Waals surface area (Å²) in [5.41, 5.74) is 0.180. The number of halogens is 1. The van der Waals surface area contributed by atoms with Gasteiger partial charge in [0.2, 0.25) is 5.91 Å². The molecule has 3 aromatic rings. The zero-order chi connectivity index (χ0) is 29.6. The van der Waals surface area contributed by atoms with Gasteiger partial charge in [0.15, 0.2) is 5.60 Å². The summed E-state index contributed by atoms with van der Waals surface area (Å²) in [7, 11) is 0.